The van der Waals surface area contributed by atoms with Crippen LogP contribution in [-0.2, 0) is 14.4 Å². The summed E-state index contributed by atoms with van der Waals surface area (Å²) in [6.45, 7) is -0.195. The quantitative estimate of drug-likeness (QED) is 0.332. The van der Waals surface area contributed by atoms with Gasteiger partial charge in [0.25, 0.3) is 17.7 Å². The third-order valence-corrected chi connectivity index (χ3v) is 5.82. The van der Waals surface area contributed by atoms with Crippen LogP contribution >= 0.6 is 31.9 Å². The summed E-state index contributed by atoms with van der Waals surface area (Å²) in [5, 5.41) is 3.96. The average Bonchev–Trinajstić information content (AvgIpc) is 3.08. The van der Waals surface area contributed by atoms with E-state index < -0.39 is 11.8 Å². The molecule has 0 aliphatic carbocycles. The first-order valence-electron chi connectivity index (χ1n) is 9.81. The van der Waals surface area contributed by atoms with E-state index in [1.54, 1.807) is 48.5 Å². The summed E-state index contributed by atoms with van der Waals surface area (Å²) in [4.78, 5) is 37.3. The molecule has 33 heavy (non-hydrogen) atoms. The highest BCUT2D eigenvalue weighted by molar-refractivity contribution is 9.11. The predicted octanol–water partition coefficient (Wildman–Crippen LogP) is 4.69. The first-order valence-corrected chi connectivity index (χ1v) is 11.4. The minimum absolute atomic E-state index is 0.00793. The van der Waals surface area contributed by atoms with Crippen LogP contribution < -0.4 is 20.5 Å². The van der Waals surface area contributed by atoms with Crippen LogP contribution in [0.5, 0.6) is 5.75 Å². The fraction of sp³-hybridized carbons (Fsp3) is 0.0417. The summed E-state index contributed by atoms with van der Waals surface area (Å²) in [5.41, 5.74) is 4.42. The third kappa shape index (κ3) is 5.32. The summed E-state index contributed by atoms with van der Waals surface area (Å²) in [7, 11) is 0. The maximum atomic E-state index is 12.8. The van der Waals surface area contributed by atoms with E-state index in [1.807, 2.05) is 24.3 Å². The Morgan fingerprint density at radius 1 is 0.970 bits per heavy atom. The summed E-state index contributed by atoms with van der Waals surface area (Å²) in [5.74, 6) is -0.820. The smallest absolute Gasteiger partial charge is 0.282 e. The molecule has 1 saturated heterocycles. The molecule has 166 valence electrons. The van der Waals surface area contributed by atoms with Crippen molar-refractivity contribution in [3.63, 3.8) is 0 Å². The van der Waals surface area contributed by atoms with Gasteiger partial charge in [0.05, 0.1) is 14.6 Å². The molecule has 3 aromatic carbocycles. The van der Waals surface area contributed by atoms with Crippen molar-refractivity contribution in [2.45, 2.75) is 0 Å². The molecule has 1 fully saturated rings. The van der Waals surface area contributed by atoms with E-state index in [-0.39, 0.29) is 18.1 Å². The number of ether oxygens (including phenoxy) is 1. The first-order chi connectivity index (χ1) is 15.9. The lowest BCUT2D eigenvalue weighted by molar-refractivity contribution is -0.118. The van der Waals surface area contributed by atoms with Crippen LogP contribution in [0.15, 0.2) is 87.3 Å². The normalized spacial score (nSPS) is 14.4. The zero-order valence-electron chi connectivity index (χ0n) is 17.0. The van der Waals surface area contributed by atoms with Gasteiger partial charge < -0.3 is 10.1 Å². The van der Waals surface area contributed by atoms with Gasteiger partial charge in [0.15, 0.2) is 6.61 Å². The summed E-state index contributed by atoms with van der Waals surface area (Å²) >= 11 is 6.86. The molecule has 7 nitrogen and oxygen atoms in total. The highest BCUT2D eigenvalue weighted by atomic mass is 79.9. The zero-order valence-corrected chi connectivity index (χ0v) is 20.2. The molecule has 9 heteroatoms. The van der Waals surface area contributed by atoms with Crippen molar-refractivity contribution in [3.8, 4) is 5.75 Å². The van der Waals surface area contributed by atoms with Crippen molar-refractivity contribution in [2.75, 3.05) is 16.9 Å². The lowest BCUT2D eigenvalue weighted by Crippen LogP contribution is -2.35. The number of rotatable bonds is 6. The van der Waals surface area contributed by atoms with Crippen LogP contribution in [0.3, 0.4) is 0 Å². The maximum Gasteiger partial charge on any atom is 0.282 e. The Kier molecular flexibility index (Phi) is 6.90. The minimum atomic E-state index is -0.492. The Hall–Kier alpha value is -3.43. The second-order valence-electron chi connectivity index (χ2n) is 6.99. The van der Waals surface area contributed by atoms with Gasteiger partial charge in [-0.1, -0.05) is 36.4 Å². The van der Waals surface area contributed by atoms with Crippen LogP contribution in [0.4, 0.5) is 11.4 Å². The number of halogens is 2. The van der Waals surface area contributed by atoms with E-state index in [2.05, 4.69) is 42.6 Å². The molecule has 0 unspecified atom stereocenters. The molecule has 0 aromatic heterocycles. The van der Waals surface area contributed by atoms with E-state index in [0.717, 1.165) is 0 Å². The average molecular weight is 571 g/mol. The number of amides is 3. The van der Waals surface area contributed by atoms with Gasteiger partial charge in [-0.3, -0.25) is 19.8 Å². The summed E-state index contributed by atoms with van der Waals surface area (Å²) in [6, 6.07) is 21.3. The molecular weight excluding hydrogens is 554 g/mol. The van der Waals surface area contributed by atoms with Crippen molar-refractivity contribution in [3.05, 3.63) is 92.9 Å². The SMILES string of the molecule is O=C(COc1c(Br)cc(/C=C2/C(=O)NN(c3ccccc3)C2=O)cc1Br)Nc1ccccc1. The number of hydrazine groups is 1. The standard InChI is InChI=1S/C24H17Br2N3O4/c25-19-12-15(11-18-23(31)28-29(24(18)32)17-9-5-2-6-10-17)13-20(26)22(19)33-14-21(30)27-16-7-3-1-4-8-16/h1-13H,14H2,(H,27,30)(H,28,31)/b18-11-. The molecule has 1 aliphatic heterocycles. The van der Waals surface area contributed by atoms with Crippen LogP contribution in [-0.4, -0.2) is 24.3 Å². The Balaban J connectivity index is 1.48. The van der Waals surface area contributed by atoms with Crippen LogP contribution in [0, 0.1) is 0 Å². The predicted molar refractivity (Wildman–Crippen MR) is 132 cm³/mol. The Morgan fingerprint density at radius 3 is 2.21 bits per heavy atom. The van der Waals surface area contributed by atoms with E-state index in [1.165, 1.54) is 11.1 Å². The number of carbonyl (C=O) groups excluding carboxylic acids is 3. The van der Waals surface area contributed by atoms with Crippen molar-refractivity contribution < 1.29 is 19.1 Å². The van der Waals surface area contributed by atoms with Crippen LogP contribution in [0.1, 0.15) is 5.56 Å². The molecule has 1 heterocycles. The van der Waals surface area contributed by atoms with Gasteiger partial charge in [-0.2, -0.15) is 0 Å². The lowest BCUT2D eigenvalue weighted by Gasteiger charge is -2.14. The number of anilines is 2. The van der Waals surface area contributed by atoms with Gasteiger partial charge in [0, 0.05) is 5.69 Å². The molecule has 3 amide bonds. The summed E-state index contributed by atoms with van der Waals surface area (Å²) in [6.07, 6.45) is 1.50. The van der Waals surface area contributed by atoms with Gasteiger partial charge in [0.1, 0.15) is 11.3 Å². The first kappa shape index (κ1) is 22.8. The number of para-hydroxylation sites is 2. The number of hydrogen-bond acceptors (Lipinski definition) is 4. The molecule has 1 aliphatic rings. The van der Waals surface area contributed by atoms with Crippen LogP contribution in [0.2, 0.25) is 0 Å². The Labute approximate surface area is 206 Å². The molecule has 3 aromatic rings. The van der Waals surface area contributed by atoms with E-state index in [0.29, 0.717) is 31.6 Å². The number of nitrogens with one attached hydrogen (secondary N) is 2. The monoisotopic (exact) mass is 569 g/mol. The maximum absolute atomic E-state index is 12.8. The number of hydrogen-bond donors (Lipinski definition) is 2. The second kappa shape index (κ2) is 10.0. The number of carbonyl (C=O) groups is 3. The third-order valence-electron chi connectivity index (χ3n) is 4.64. The zero-order chi connectivity index (χ0) is 23.4. The van der Waals surface area contributed by atoms with E-state index >= 15 is 0 Å². The lowest BCUT2D eigenvalue weighted by atomic mass is 10.1. The minimum Gasteiger partial charge on any atom is -0.481 e. The number of benzene rings is 3. The van der Waals surface area contributed by atoms with Gasteiger partial charge in [-0.15, -0.1) is 0 Å². The van der Waals surface area contributed by atoms with Gasteiger partial charge in [-0.25, -0.2) is 5.01 Å². The van der Waals surface area contributed by atoms with Crippen molar-refractivity contribution in [1.29, 1.82) is 0 Å². The number of nitrogens with zero attached hydrogens (tertiary/aromatic N) is 1. The molecule has 4 rings (SSSR count). The molecular formula is C24H17Br2N3O4. The molecule has 2 N–H and O–H groups in total. The largest absolute Gasteiger partial charge is 0.481 e. The highest BCUT2D eigenvalue weighted by Gasteiger charge is 2.34. The van der Waals surface area contributed by atoms with Gasteiger partial charge in [-0.05, 0) is 79.9 Å². The second-order valence-corrected chi connectivity index (χ2v) is 8.70. The topological polar surface area (TPSA) is 87.7 Å². The van der Waals surface area contributed by atoms with E-state index in [4.69, 9.17) is 4.74 Å². The van der Waals surface area contributed by atoms with Crippen molar-refractivity contribution >= 4 is 67.0 Å². The molecule has 0 radical (unpaired) electrons. The molecule has 0 spiro atoms. The fourth-order valence-electron chi connectivity index (χ4n) is 3.14. The van der Waals surface area contributed by atoms with Crippen molar-refractivity contribution in [2.24, 2.45) is 0 Å². The fourth-order valence-corrected chi connectivity index (χ4v) is 4.59. The Bertz CT molecular complexity index is 1220. The molecule has 0 saturated carbocycles. The van der Waals surface area contributed by atoms with E-state index in [9.17, 15) is 14.4 Å². The summed E-state index contributed by atoms with van der Waals surface area (Å²) < 4.78 is 6.78. The Morgan fingerprint density at radius 2 is 1.58 bits per heavy atom. The van der Waals surface area contributed by atoms with Gasteiger partial charge in [0.2, 0.25) is 0 Å². The molecule has 0 bridgehead atoms. The highest BCUT2D eigenvalue weighted by Crippen LogP contribution is 2.36. The van der Waals surface area contributed by atoms with Crippen LogP contribution in [0.25, 0.3) is 6.08 Å². The molecule has 0 atom stereocenters. The van der Waals surface area contributed by atoms with Crippen molar-refractivity contribution in [1.82, 2.24) is 5.43 Å². The van der Waals surface area contributed by atoms with Gasteiger partial charge >= 0.3 is 0 Å².